The second kappa shape index (κ2) is 9.37. The van der Waals surface area contributed by atoms with E-state index in [0.29, 0.717) is 0 Å². The van der Waals surface area contributed by atoms with Gasteiger partial charge in [-0.3, -0.25) is 0 Å². The second-order valence-electron chi connectivity index (χ2n) is 6.38. The molecule has 118 valence electrons. The number of aryl methyl sites for hydroxylation is 2. The SMILES string of the molecule is Cc1[c-]c(Cc2[c-]c(C)c(C)c(C)c2C)c(C)c(C)c1C.[Y].[Y]. The molecule has 0 spiro atoms. The summed E-state index contributed by atoms with van der Waals surface area (Å²) in [6.45, 7) is 17.6. The predicted molar refractivity (Wildman–Crippen MR) is 91.3 cm³/mol. The Hall–Kier alpha value is 0.648. The van der Waals surface area contributed by atoms with Crippen molar-refractivity contribution in [1.29, 1.82) is 0 Å². The quantitative estimate of drug-likeness (QED) is 0.536. The van der Waals surface area contributed by atoms with Crippen LogP contribution in [0.15, 0.2) is 0 Å². The van der Waals surface area contributed by atoms with Crippen LogP contribution in [-0.2, 0) is 71.8 Å². The average molecular weight is 456 g/mol. The van der Waals surface area contributed by atoms with Crippen LogP contribution in [-0.4, -0.2) is 0 Å². The van der Waals surface area contributed by atoms with Crippen LogP contribution in [0.1, 0.15) is 55.6 Å². The molecule has 0 unspecified atom stereocenters. The largest absolute Gasteiger partial charge is 0.176 e. The van der Waals surface area contributed by atoms with Gasteiger partial charge in [0.2, 0.25) is 0 Å². The molecule has 2 heteroatoms. The van der Waals surface area contributed by atoms with Gasteiger partial charge in [0.25, 0.3) is 0 Å². The van der Waals surface area contributed by atoms with E-state index in [1.807, 2.05) is 0 Å². The molecule has 2 aromatic carbocycles. The smallest absolute Gasteiger partial charge is 0 e. The molecule has 0 bridgehead atoms. The first kappa shape index (κ1) is 23.6. The fourth-order valence-electron chi connectivity index (χ4n) is 2.94. The zero-order valence-electron chi connectivity index (χ0n) is 15.9. The van der Waals surface area contributed by atoms with Crippen LogP contribution in [0.25, 0.3) is 0 Å². The van der Waals surface area contributed by atoms with E-state index in [4.69, 9.17) is 0 Å². The van der Waals surface area contributed by atoms with Gasteiger partial charge in [0, 0.05) is 65.4 Å². The Labute approximate surface area is 193 Å². The maximum absolute atomic E-state index is 3.59. The van der Waals surface area contributed by atoms with E-state index in [2.05, 4.69) is 67.5 Å². The Balaban J connectivity index is 0.00000242. The summed E-state index contributed by atoms with van der Waals surface area (Å²) >= 11 is 0. The van der Waals surface area contributed by atoms with E-state index in [1.54, 1.807) is 0 Å². The molecule has 23 heavy (non-hydrogen) atoms. The van der Waals surface area contributed by atoms with Crippen LogP contribution in [0.3, 0.4) is 0 Å². The molecule has 0 fully saturated rings. The van der Waals surface area contributed by atoms with Gasteiger partial charge in [0.05, 0.1) is 0 Å². The van der Waals surface area contributed by atoms with Crippen molar-refractivity contribution < 1.29 is 65.4 Å². The van der Waals surface area contributed by atoms with Crippen LogP contribution in [0.4, 0.5) is 0 Å². The molecular formula is C21H26Y2-2. The zero-order chi connectivity index (χ0) is 15.9. The van der Waals surface area contributed by atoms with E-state index < -0.39 is 0 Å². The second-order valence-corrected chi connectivity index (χ2v) is 6.38. The number of hydrogen-bond donors (Lipinski definition) is 0. The molecule has 0 atom stereocenters. The third kappa shape index (κ3) is 4.84. The van der Waals surface area contributed by atoms with Crippen molar-refractivity contribution >= 4 is 0 Å². The molecule has 2 radical (unpaired) electrons. The molecule has 0 aliphatic heterocycles. The van der Waals surface area contributed by atoms with E-state index in [9.17, 15) is 0 Å². The van der Waals surface area contributed by atoms with Gasteiger partial charge in [0.15, 0.2) is 0 Å². The molecule has 2 aromatic rings. The van der Waals surface area contributed by atoms with Crippen LogP contribution in [0, 0.1) is 67.5 Å². The number of benzene rings is 2. The predicted octanol–water partition coefficient (Wildman–Crippen LogP) is 5.34. The topological polar surface area (TPSA) is 0 Å². The summed E-state index contributed by atoms with van der Waals surface area (Å²) < 4.78 is 0. The van der Waals surface area contributed by atoms with Gasteiger partial charge in [-0.25, -0.2) is 0 Å². The zero-order valence-corrected chi connectivity index (χ0v) is 21.5. The minimum absolute atomic E-state index is 0. The molecule has 0 aromatic heterocycles. The van der Waals surface area contributed by atoms with Gasteiger partial charge >= 0.3 is 0 Å². The van der Waals surface area contributed by atoms with Crippen molar-refractivity contribution in [3.63, 3.8) is 0 Å². The van der Waals surface area contributed by atoms with Crippen LogP contribution in [0.2, 0.25) is 0 Å². The van der Waals surface area contributed by atoms with Gasteiger partial charge in [-0.15, -0.1) is 0 Å². The Morgan fingerprint density at radius 1 is 0.478 bits per heavy atom. The van der Waals surface area contributed by atoms with Crippen molar-refractivity contribution in [2.75, 3.05) is 0 Å². The first-order valence-electron chi connectivity index (χ1n) is 7.71. The standard InChI is InChI=1S/C21H26.2Y/c1-12-9-20(18(7)16(5)14(12)3)11-21-10-13(2)15(4)17(6)19(21)8;;/h11H2,1-8H3;;/q-2;;. The summed E-state index contributed by atoms with van der Waals surface area (Å²) in [7, 11) is 0. The van der Waals surface area contributed by atoms with Crippen LogP contribution >= 0.6 is 0 Å². The van der Waals surface area contributed by atoms with Crippen LogP contribution < -0.4 is 0 Å². The molecule has 0 aliphatic rings. The maximum atomic E-state index is 3.59. The molecule has 0 amide bonds. The minimum Gasteiger partial charge on any atom is -0.176 e. The molecule has 0 nitrogen and oxygen atoms in total. The van der Waals surface area contributed by atoms with Gasteiger partial charge in [-0.2, -0.15) is 67.8 Å². The fourth-order valence-corrected chi connectivity index (χ4v) is 2.94. The molecule has 0 saturated heterocycles. The van der Waals surface area contributed by atoms with E-state index in [-0.39, 0.29) is 65.4 Å². The van der Waals surface area contributed by atoms with Crippen molar-refractivity contribution in [2.45, 2.75) is 61.8 Å². The van der Waals surface area contributed by atoms with Crippen molar-refractivity contribution in [3.05, 3.63) is 67.8 Å². The van der Waals surface area contributed by atoms with Crippen molar-refractivity contribution in [1.82, 2.24) is 0 Å². The number of hydrogen-bond acceptors (Lipinski definition) is 0. The first-order chi connectivity index (χ1) is 9.73. The molecule has 0 aliphatic carbocycles. The Morgan fingerprint density at radius 3 is 1.09 bits per heavy atom. The summed E-state index contributed by atoms with van der Waals surface area (Å²) in [4.78, 5) is 0. The molecule has 2 rings (SSSR count). The van der Waals surface area contributed by atoms with Gasteiger partial charge in [0.1, 0.15) is 0 Å². The van der Waals surface area contributed by atoms with Gasteiger partial charge < -0.3 is 0 Å². The summed E-state index contributed by atoms with van der Waals surface area (Å²) in [5.41, 5.74) is 13.5. The van der Waals surface area contributed by atoms with Crippen LogP contribution in [0.5, 0.6) is 0 Å². The normalized spacial score (nSPS) is 10.1. The number of rotatable bonds is 2. The first-order valence-corrected chi connectivity index (χ1v) is 7.71. The summed E-state index contributed by atoms with van der Waals surface area (Å²) in [6.07, 6.45) is 0.932. The maximum Gasteiger partial charge on any atom is 0 e. The van der Waals surface area contributed by atoms with Crippen molar-refractivity contribution in [3.8, 4) is 0 Å². The van der Waals surface area contributed by atoms with Gasteiger partial charge in [-0.05, 0) is 6.42 Å². The van der Waals surface area contributed by atoms with E-state index in [0.717, 1.165) is 6.42 Å². The fraction of sp³-hybridized carbons (Fsp3) is 0.429. The Morgan fingerprint density at radius 2 is 0.783 bits per heavy atom. The molecule has 0 saturated carbocycles. The third-order valence-electron chi connectivity index (χ3n) is 5.31. The van der Waals surface area contributed by atoms with Gasteiger partial charge in [-0.1, -0.05) is 55.4 Å². The molecule has 0 heterocycles. The van der Waals surface area contributed by atoms with E-state index in [1.165, 1.54) is 55.6 Å². The minimum atomic E-state index is 0. The van der Waals surface area contributed by atoms with Crippen molar-refractivity contribution in [2.24, 2.45) is 0 Å². The third-order valence-corrected chi connectivity index (χ3v) is 5.31. The molecular weight excluding hydrogens is 430 g/mol. The van der Waals surface area contributed by atoms with E-state index >= 15 is 0 Å². The average Bonchev–Trinajstić information content (AvgIpc) is 2.45. The monoisotopic (exact) mass is 456 g/mol. The summed E-state index contributed by atoms with van der Waals surface area (Å²) in [6, 6.07) is 7.19. The molecule has 0 N–H and O–H groups in total. The Kier molecular flexibility index (Phi) is 9.64. The Bertz CT molecular complexity index is 651. The summed E-state index contributed by atoms with van der Waals surface area (Å²) in [5, 5.41) is 0. The summed E-state index contributed by atoms with van der Waals surface area (Å²) in [5.74, 6) is 0.